The van der Waals surface area contributed by atoms with Crippen molar-refractivity contribution in [3.8, 4) is 6.07 Å². The van der Waals surface area contributed by atoms with Crippen molar-refractivity contribution >= 4 is 33.1 Å². The fourth-order valence-corrected chi connectivity index (χ4v) is 6.73. The van der Waals surface area contributed by atoms with Gasteiger partial charge in [-0.3, -0.25) is 4.79 Å². The highest BCUT2D eigenvalue weighted by Gasteiger charge is 2.47. The number of nitriles is 1. The number of carbonyl (C=O) groups is 1. The monoisotopic (exact) mass is 513 g/mol. The van der Waals surface area contributed by atoms with Gasteiger partial charge in [-0.05, 0) is 20.3 Å². The van der Waals surface area contributed by atoms with Gasteiger partial charge in [-0.1, -0.05) is 13.8 Å². The molecule has 2 fully saturated rings. The standard InChI is InChI=1S/C24H28FN7O3S/c1-14-11-31(23(33)19-5-6-36(19,34)35)15(2)10-30(14)21-20-22(29-13-28-21)32(12-24(20,3)4)16-7-17(25)18(8-26)27-9-16/h7,9,13-15,19H,5-6,10-12H2,1-4H3/t14?,15-,19?/m1/s1. The molecule has 36 heavy (non-hydrogen) atoms. The number of nitrogens with zero attached hydrogens (tertiary/aromatic N) is 7. The number of halogens is 1. The Morgan fingerprint density at radius 2 is 1.89 bits per heavy atom. The fraction of sp³-hybridized carbons (Fsp3) is 0.542. The van der Waals surface area contributed by atoms with Crippen LogP contribution in [0.25, 0.3) is 0 Å². The number of hydrogen-bond donors (Lipinski definition) is 0. The highest BCUT2D eigenvalue weighted by Crippen LogP contribution is 2.47. The second kappa shape index (κ2) is 8.37. The summed E-state index contributed by atoms with van der Waals surface area (Å²) in [6.45, 7) is 9.46. The van der Waals surface area contributed by atoms with Gasteiger partial charge < -0.3 is 14.7 Å². The lowest BCUT2D eigenvalue weighted by Crippen LogP contribution is -2.62. The van der Waals surface area contributed by atoms with E-state index < -0.39 is 20.9 Å². The first-order chi connectivity index (χ1) is 16.9. The molecule has 3 atom stereocenters. The summed E-state index contributed by atoms with van der Waals surface area (Å²) in [6.07, 6.45) is 3.33. The highest BCUT2D eigenvalue weighted by atomic mass is 32.2. The van der Waals surface area contributed by atoms with E-state index in [4.69, 9.17) is 5.26 Å². The Morgan fingerprint density at radius 1 is 1.17 bits per heavy atom. The predicted molar refractivity (Wildman–Crippen MR) is 131 cm³/mol. The molecule has 2 unspecified atom stereocenters. The summed E-state index contributed by atoms with van der Waals surface area (Å²) in [5.41, 5.74) is 0.772. The van der Waals surface area contributed by atoms with Gasteiger partial charge in [0.1, 0.15) is 29.3 Å². The SMILES string of the molecule is CC1CN(C(=O)C2CCS2(=O)=O)[C@H](C)CN1c1ncnc2c1C(C)(C)CN2c1cnc(C#N)c(F)c1. The van der Waals surface area contributed by atoms with Crippen molar-refractivity contribution in [2.75, 3.05) is 35.2 Å². The van der Waals surface area contributed by atoms with Gasteiger partial charge in [0.2, 0.25) is 5.91 Å². The molecule has 2 aromatic heterocycles. The summed E-state index contributed by atoms with van der Waals surface area (Å²) in [7, 11) is -3.32. The minimum atomic E-state index is -3.32. The van der Waals surface area contributed by atoms with E-state index in [1.165, 1.54) is 18.6 Å². The van der Waals surface area contributed by atoms with Gasteiger partial charge in [0.15, 0.2) is 21.3 Å². The van der Waals surface area contributed by atoms with Crippen molar-refractivity contribution in [1.29, 1.82) is 5.26 Å². The number of fused-ring (bicyclic) bond motifs is 1. The van der Waals surface area contributed by atoms with Crippen LogP contribution in [-0.4, -0.2) is 76.9 Å². The Balaban J connectivity index is 1.46. The molecule has 5 heterocycles. The average molecular weight is 514 g/mol. The van der Waals surface area contributed by atoms with Gasteiger partial charge in [-0.15, -0.1) is 0 Å². The third kappa shape index (κ3) is 3.77. The van der Waals surface area contributed by atoms with Crippen LogP contribution >= 0.6 is 0 Å². The number of anilines is 3. The lowest BCUT2D eigenvalue weighted by molar-refractivity contribution is -0.134. The minimum absolute atomic E-state index is 0.0740. The van der Waals surface area contributed by atoms with Gasteiger partial charge in [-0.2, -0.15) is 5.26 Å². The van der Waals surface area contributed by atoms with Crippen molar-refractivity contribution in [1.82, 2.24) is 19.9 Å². The minimum Gasteiger partial charge on any atom is -0.350 e. The van der Waals surface area contributed by atoms with Gasteiger partial charge in [0, 0.05) is 48.8 Å². The Morgan fingerprint density at radius 3 is 2.50 bits per heavy atom. The zero-order valence-electron chi connectivity index (χ0n) is 20.6. The molecule has 2 aromatic rings. The van der Waals surface area contributed by atoms with Crippen LogP contribution in [0.1, 0.15) is 45.4 Å². The van der Waals surface area contributed by atoms with Crippen molar-refractivity contribution in [3.63, 3.8) is 0 Å². The fourth-order valence-electron chi connectivity index (χ4n) is 5.43. The van der Waals surface area contributed by atoms with E-state index in [0.29, 0.717) is 37.6 Å². The maximum absolute atomic E-state index is 14.4. The summed E-state index contributed by atoms with van der Waals surface area (Å²) in [5.74, 6) is 0.472. The first-order valence-corrected chi connectivity index (χ1v) is 13.6. The summed E-state index contributed by atoms with van der Waals surface area (Å²) >= 11 is 0. The number of amides is 1. The Hall–Kier alpha value is -3.33. The third-order valence-corrected chi connectivity index (χ3v) is 9.56. The Kier molecular flexibility index (Phi) is 5.66. The maximum atomic E-state index is 14.4. The number of piperazine rings is 1. The lowest BCUT2D eigenvalue weighted by Gasteiger charge is -2.47. The topological polar surface area (TPSA) is 123 Å². The van der Waals surface area contributed by atoms with Crippen molar-refractivity contribution in [3.05, 3.63) is 35.7 Å². The van der Waals surface area contributed by atoms with E-state index in [1.807, 2.05) is 18.7 Å². The van der Waals surface area contributed by atoms with Gasteiger partial charge in [-0.25, -0.2) is 27.8 Å². The smallest absolute Gasteiger partial charge is 0.241 e. The van der Waals surface area contributed by atoms with E-state index in [2.05, 4.69) is 33.7 Å². The molecule has 3 aliphatic heterocycles. The zero-order chi connectivity index (χ0) is 26.0. The molecule has 10 nitrogen and oxygen atoms in total. The van der Waals surface area contributed by atoms with Crippen LogP contribution < -0.4 is 9.80 Å². The van der Waals surface area contributed by atoms with Gasteiger partial charge in [0.05, 0.1) is 17.6 Å². The van der Waals surface area contributed by atoms with Crippen LogP contribution in [-0.2, 0) is 20.0 Å². The largest absolute Gasteiger partial charge is 0.350 e. The molecule has 190 valence electrons. The molecule has 0 aromatic carbocycles. The lowest BCUT2D eigenvalue weighted by atomic mass is 9.87. The Bertz CT molecular complexity index is 1390. The molecule has 0 spiro atoms. The molecule has 0 bridgehead atoms. The number of carbonyl (C=O) groups excluding carboxylic acids is 1. The van der Waals surface area contributed by atoms with E-state index in [1.54, 1.807) is 11.0 Å². The zero-order valence-corrected chi connectivity index (χ0v) is 21.5. The molecule has 5 rings (SSSR count). The number of hydrogen-bond acceptors (Lipinski definition) is 9. The third-order valence-electron chi connectivity index (χ3n) is 7.45. The van der Waals surface area contributed by atoms with Crippen LogP contribution in [0, 0.1) is 17.1 Å². The van der Waals surface area contributed by atoms with Crippen LogP contribution in [0.5, 0.6) is 0 Å². The summed E-state index contributed by atoms with van der Waals surface area (Å²) in [4.78, 5) is 31.8. The molecule has 0 aliphatic carbocycles. The summed E-state index contributed by atoms with van der Waals surface area (Å²) in [6, 6.07) is 2.73. The van der Waals surface area contributed by atoms with Crippen molar-refractivity contribution < 1.29 is 17.6 Å². The van der Waals surface area contributed by atoms with Gasteiger partial charge >= 0.3 is 0 Å². The average Bonchev–Trinajstić information content (AvgIpc) is 3.10. The van der Waals surface area contributed by atoms with Crippen LogP contribution in [0.2, 0.25) is 0 Å². The molecule has 0 saturated carbocycles. The van der Waals surface area contributed by atoms with Crippen LogP contribution in [0.4, 0.5) is 21.7 Å². The van der Waals surface area contributed by atoms with E-state index >= 15 is 0 Å². The maximum Gasteiger partial charge on any atom is 0.241 e. The Labute approximate surface area is 209 Å². The van der Waals surface area contributed by atoms with E-state index in [-0.39, 0.29) is 34.9 Å². The second-order valence-corrected chi connectivity index (χ2v) is 12.8. The molecular weight excluding hydrogens is 485 g/mol. The molecule has 2 saturated heterocycles. The number of rotatable bonds is 3. The molecule has 12 heteroatoms. The van der Waals surface area contributed by atoms with Crippen molar-refractivity contribution in [2.45, 2.75) is 56.9 Å². The predicted octanol–water partition coefficient (Wildman–Crippen LogP) is 1.92. The van der Waals surface area contributed by atoms with E-state index in [0.717, 1.165) is 11.4 Å². The van der Waals surface area contributed by atoms with E-state index in [9.17, 15) is 17.6 Å². The molecule has 3 aliphatic rings. The normalized spacial score (nSPS) is 26.2. The quantitative estimate of drug-likeness (QED) is 0.605. The van der Waals surface area contributed by atoms with Crippen LogP contribution in [0.15, 0.2) is 18.6 Å². The molecule has 1 amide bonds. The number of sulfone groups is 1. The number of aromatic nitrogens is 3. The van der Waals surface area contributed by atoms with Gasteiger partial charge in [0.25, 0.3) is 0 Å². The number of pyridine rings is 1. The first-order valence-electron chi connectivity index (χ1n) is 11.9. The van der Waals surface area contributed by atoms with Crippen LogP contribution in [0.3, 0.4) is 0 Å². The summed E-state index contributed by atoms with van der Waals surface area (Å²) in [5, 5.41) is 8.10. The molecular formula is C24H28FN7O3S. The molecule has 0 N–H and O–H groups in total. The second-order valence-electron chi connectivity index (χ2n) is 10.5. The summed E-state index contributed by atoms with van der Waals surface area (Å²) < 4.78 is 38.5. The van der Waals surface area contributed by atoms with Crippen molar-refractivity contribution in [2.24, 2.45) is 0 Å². The first kappa shape index (κ1) is 24.4. The molecule has 0 radical (unpaired) electrons. The highest BCUT2D eigenvalue weighted by molar-refractivity contribution is 7.94.